The third-order valence-electron chi connectivity index (χ3n) is 2.05. The predicted octanol–water partition coefficient (Wildman–Crippen LogP) is 0.817. The number of tetrazole rings is 1. The number of halogens is 1. The third kappa shape index (κ3) is 2.14. The Balaban J connectivity index is 2.46. The van der Waals surface area contributed by atoms with Crippen molar-refractivity contribution in [2.24, 2.45) is 5.73 Å². The molecule has 0 radical (unpaired) electrons. The van der Waals surface area contributed by atoms with Crippen molar-refractivity contribution in [3.05, 3.63) is 35.1 Å². The summed E-state index contributed by atoms with van der Waals surface area (Å²) in [5, 5.41) is 11.7. The van der Waals surface area contributed by atoms with Gasteiger partial charge in [0.1, 0.15) is 6.33 Å². The van der Waals surface area contributed by atoms with Crippen LogP contribution in [0.4, 0.5) is 0 Å². The molecule has 2 aromatic rings. The molecule has 0 aliphatic heterocycles. The van der Waals surface area contributed by atoms with Gasteiger partial charge in [-0.15, -0.1) is 5.10 Å². The Morgan fingerprint density at radius 3 is 2.93 bits per heavy atom. The minimum atomic E-state index is 0.565. The van der Waals surface area contributed by atoms with E-state index in [2.05, 4.69) is 15.5 Å². The standard InChI is InChI=1S/C9H10ClN5/c10-8-1-2-9(7(5-8)3-4-11)15-6-12-13-14-15/h1-2,5-6H,3-4,11H2. The Labute approximate surface area is 91.8 Å². The van der Waals surface area contributed by atoms with Crippen LogP contribution in [-0.4, -0.2) is 26.8 Å². The molecule has 0 spiro atoms. The number of hydrogen-bond donors (Lipinski definition) is 1. The van der Waals surface area contributed by atoms with Gasteiger partial charge in [-0.2, -0.15) is 0 Å². The van der Waals surface area contributed by atoms with Gasteiger partial charge in [0.2, 0.25) is 0 Å². The van der Waals surface area contributed by atoms with Crippen LogP contribution in [0.3, 0.4) is 0 Å². The molecule has 6 heteroatoms. The molecule has 15 heavy (non-hydrogen) atoms. The zero-order valence-electron chi connectivity index (χ0n) is 7.97. The van der Waals surface area contributed by atoms with Crippen molar-refractivity contribution in [2.45, 2.75) is 6.42 Å². The van der Waals surface area contributed by atoms with Crippen molar-refractivity contribution >= 4 is 11.6 Å². The van der Waals surface area contributed by atoms with Crippen molar-refractivity contribution in [1.29, 1.82) is 0 Å². The van der Waals surface area contributed by atoms with Gasteiger partial charge in [0.05, 0.1) is 5.69 Å². The van der Waals surface area contributed by atoms with E-state index in [-0.39, 0.29) is 0 Å². The van der Waals surface area contributed by atoms with E-state index in [9.17, 15) is 0 Å². The highest BCUT2D eigenvalue weighted by Gasteiger charge is 2.05. The van der Waals surface area contributed by atoms with Crippen LogP contribution in [0, 0.1) is 0 Å². The molecule has 0 aliphatic rings. The molecule has 0 aliphatic carbocycles. The quantitative estimate of drug-likeness (QED) is 0.836. The van der Waals surface area contributed by atoms with Gasteiger partial charge < -0.3 is 5.73 Å². The van der Waals surface area contributed by atoms with E-state index < -0.39 is 0 Å². The Bertz CT molecular complexity index is 440. The zero-order chi connectivity index (χ0) is 10.7. The summed E-state index contributed by atoms with van der Waals surface area (Å²) in [4.78, 5) is 0. The molecule has 0 unspecified atom stereocenters. The fourth-order valence-electron chi connectivity index (χ4n) is 1.40. The van der Waals surface area contributed by atoms with Gasteiger partial charge >= 0.3 is 0 Å². The van der Waals surface area contributed by atoms with Gasteiger partial charge in [-0.25, -0.2) is 4.68 Å². The summed E-state index contributed by atoms with van der Waals surface area (Å²) in [6.45, 7) is 0.565. The van der Waals surface area contributed by atoms with Crippen LogP contribution in [0.25, 0.3) is 5.69 Å². The number of nitrogens with zero attached hydrogens (tertiary/aromatic N) is 4. The number of nitrogens with two attached hydrogens (primary N) is 1. The van der Waals surface area contributed by atoms with E-state index in [1.807, 2.05) is 12.1 Å². The van der Waals surface area contributed by atoms with Gasteiger partial charge in [0.15, 0.2) is 0 Å². The number of aromatic nitrogens is 4. The normalized spacial score (nSPS) is 10.5. The van der Waals surface area contributed by atoms with Crippen LogP contribution in [0.2, 0.25) is 5.02 Å². The smallest absolute Gasteiger partial charge is 0.143 e. The molecule has 0 fully saturated rings. The van der Waals surface area contributed by atoms with Crippen LogP contribution in [0.1, 0.15) is 5.56 Å². The highest BCUT2D eigenvalue weighted by molar-refractivity contribution is 6.30. The van der Waals surface area contributed by atoms with Crippen LogP contribution in [-0.2, 0) is 6.42 Å². The molecule has 1 heterocycles. The first kappa shape index (κ1) is 10.1. The second-order valence-corrected chi connectivity index (χ2v) is 3.50. The van der Waals surface area contributed by atoms with Crippen LogP contribution in [0.5, 0.6) is 0 Å². The maximum absolute atomic E-state index is 5.91. The Morgan fingerprint density at radius 1 is 1.40 bits per heavy atom. The van der Waals surface area contributed by atoms with Crippen molar-refractivity contribution in [3.63, 3.8) is 0 Å². The predicted molar refractivity (Wildman–Crippen MR) is 56.9 cm³/mol. The second-order valence-electron chi connectivity index (χ2n) is 3.07. The third-order valence-corrected chi connectivity index (χ3v) is 2.29. The van der Waals surface area contributed by atoms with Gasteiger partial charge in [-0.05, 0) is 47.2 Å². The number of benzene rings is 1. The molecular formula is C9H10ClN5. The largest absolute Gasteiger partial charge is 0.330 e. The van der Waals surface area contributed by atoms with Gasteiger partial charge in [0.25, 0.3) is 0 Å². The Kier molecular flexibility index (Phi) is 2.94. The molecular weight excluding hydrogens is 214 g/mol. The summed E-state index contributed by atoms with van der Waals surface area (Å²) in [5.41, 5.74) is 7.48. The van der Waals surface area contributed by atoms with Crippen molar-refractivity contribution in [1.82, 2.24) is 20.2 Å². The van der Waals surface area contributed by atoms with Crippen LogP contribution in [0.15, 0.2) is 24.5 Å². The monoisotopic (exact) mass is 223 g/mol. The lowest BCUT2D eigenvalue weighted by Crippen LogP contribution is -2.07. The van der Waals surface area contributed by atoms with Gasteiger partial charge in [0, 0.05) is 5.02 Å². The minimum absolute atomic E-state index is 0.565. The fraction of sp³-hybridized carbons (Fsp3) is 0.222. The van der Waals surface area contributed by atoms with Gasteiger partial charge in [-0.3, -0.25) is 0 Å². The minimum Gasteiger partial charge on any atom is -0.330 e. The van der Waals surface area contributed by atoms with Crippen molar-refractivity contribution in [2.75, 3.05) is 6.54 Å². The van der Waals surface area contributed by atoms with E-state index in [0.717, 1.165) is 17.7 Å². The molecule has 1 aromatic carbocycles. The van der Waals surface area contributed by atoms with Crippen LogP contribution < -0.4 is 5.73 Å². The molecule has 2 rings (SSSR count). The molecule has 0 atom stereocenters. The highest BCUT2D eigenvalue weighted by atomic mass is 35.5. The summed E-state index contributed by atoms with van der Waals surface area (Å²) in [6, 6.07) is 5.56. The SMILES string of the molecule is NCCc1cc(Cl)ccc1-n1cnnn1. The summed E-state index contributed by atoms with van der Waals surface area (Å²) in [7, 11) is 0. The molecule has 0 saturated heterocycles. The van der Waals surface area contributed by atoms with Crippen molar-refractivity contribution in [3.8, 4) is 5.69 Å². The molecule has 0 bridgehead atoms. The summed E-state index contributed by atoms with van der Waals surface area (Å²) < 4.78 is 1.60. The van der Waals surface area contributed by atoms with E-state index in [0.29, 0.717) is 11.6 Å². The van der Waals surface area contributed by atoms with E-state index in [1.165, 1.54) is 0 Å². The fourth-order valence-corrected chi connectivity index (χ4v) is 1.60. The highest BCUT2D eigenvalue weighted by Crippen LogP contribution is 2.18. The van der Waals surface area contributed by atoms with Crippen molar-refractivity contribution < 1.29 is 0 Å². The van der Waals surface area contributed by atoms with E-state index in [4.69, 9.17) is 17.3 Å². The molecule has 1 aromatic heterocycles. The number of rotatable bonds is 3. The molecule has 5 nitrogen and oxygen atoms in total. The maximum Gasteiger partial charge on any atom is 0.143 e. The Morgan fingerprint density at radius 2 is 2.27 bits per heavy atom. The summed E-state index contributed by atoms with van der Waals surface area (Å²) in [6.07, 6.45) is 2.29. The van der Waals surface area contributed by atoms with Crippen LogP contribution >= 0.6 is 11.6 Å². The second kappa shape index (κ2) is 4.37. The average Bonchev–Trinajstić information content (AvgIpc) is 2.71. The lowest BCUT2D eigenvalue weighted by atomic mass is 10.1. The molecule has 0 saturated carbocycles. The first-order valence-corrected chi connectivity index (χ1v) is 4.91. The molecule has 0 amide bonds. The molecule has 2 N–H and O–H groups in total. The summed E-state index contributed by atoms with van der Waals surface area (Å²) >= 11 is 5.91. The lowest BCUT2D eigenvalue weighted by molar-refractivity contribution is 0.778. The zero-order valence-corrected chi connectivity index (χ0v) is 8.72. The Hall–Kier alpha value is -1.46. The average molecular weight is 224 g/mol. The lowest BCUT2D eigenvalue weighted by Gasteiger charge is -2.07. The summed E-state index contributed by atoms with van der Waals surface area (Å²) in [5.74, 6) is 0. The van der Waals surface area contributed by atoms with Gasteiger partial charge in [-0.1, -0.05) is 11.6 Å². The molecule has 78 valence electrons. The first-order valence-electron chi connectivity index (χ1n) is 4.53. The van der Waals surface area contributed by atoms with E-state index in [1.54, 1.807) is 17.1 Å². The maximum atomic E-state index is 5.91. The first-order chi connectivity index (χ1) is 7.31. The van der Waals surface area contributed by atoms with E-state index >= 15 is 0 Å². The number of hydrogen-bond acceptors (Lipinski definition) is 4. The topological polar surface area (TPSA) is 69.6 Å².